The lowest BCUT2D eigenvalue weighted by molar-refractivity contribution is -0.154. The van der Waals surface area contributed by atoms with Crippen LogP contribution in [0, 0.1) is 5.82 Å². The number of alkyl halides is 3. The third-order valence-electron chi connectivity index (χ3n) is 3.59. The SMILES string of the molecule is CN=C(NCc1ccnc(OCC(F)(F)F)c1)NCC(C)Oc1ccccc1F.I. The van der Waals surface area contributed by atoms with Gasteiger partial charge in [-0.3, -0.25) is 4.99 Å². The molecule has 0 amide bonds. The van der Waals surface area contributed by atoms with Gasteiger partial charge in [-0.05, 0) is 30.7 Å². The minimum Gasteiger partial charge on any atom is -0.486 e. The van der Waals surface area contributed by atoms with E-state index in [1.54, 1.807) is 38.2 Å². The fraction of sp³-hybridized carbons (Fsp3) is 0.368. The van der Waals surface area contributed by atoms with Gasteiger partial charge in [-0.25, -0.2) is 9.37 Å². The van der Waals surface area contributed by atoms with Crippen LogP contribution in [0.5, 0.6) is 11.6 Å². The van der Waals surface area contributed by atoms with Gasteiger partial charge in [-0.2, -0.15) is 13.2 Å². The van der Waals surface area contributed by atoms with E-state index in [0.29, 0.717) is 18.1 Å². The van der Waals surface area contributed by atoms with Gasteiger partial charge in [0.25, 0.3) is 0 Å². The number of para-hydroxylation sites is 1. The molecule has 0 fully saturated rings. The maximum absolute atomic E-state index is 13.6. The summed E-state index contributed by atoms with van der Waals surface area (Å²) in [5, 5.41) is 6.05. The van der Waals surface area contributed by atoms with Crippen molar-refractivity contribution in [2.45, 2.75) is 25.7 Å². The Kier molecular flexibility index (Phi) is 10.6. The highest BCUT2D eigenvalue weighted by Crippen LogP contribution is 2.18. The summed E-state index contributed by atoms with van der Waals surface area (Å²) in [7, 11) is 1.57. The lowest BCUT2D eigenvalue weighted by Gasteiger charge is -2.18. The van der Waals surface area contributed by atoms with Crippen LogP contribution in [0.25, 0.3) is 0 Å². The highest BCUT2D eigenvalue weighted by Gasteiger charge is 2.28. The molecule has 2 rings (SSSR count). The Balaban J connectivity index is 0.00000450. The number of aliphatic imine (C=N–C) groups is 1. The number of ether oxygens (including phenoxy) is 2. The van der Waals surface area contributed by atoms with Crippen LogP contribution in [0.3, 0.4) is 0 Å². The van der Waals surface area contributed by atoms with E-state index >= 15 is 0 Å². The molecule has 0 aliphatic rings. The van der Waals surface area contributed by atoms with Crippen LogP contribution in [0.15, 0.2) is 47.6 Å². The smallest absolute Gasteiger partial charge is 0.422 e. The molecule has 0 saturated heterocycles. The highest BCUT2D eigenvalue weighted by molar-refractivity contribution is 14.0. The van der Waals surface area contributed by atoms with E-state index in [1.165, 1.54) is 18.3 Å². The second-order valence-electron chi connectivity index (χ2n) is 6.07. The standard InChI is InChI=1S/C19H22F4N4O2.HI/c1-13(29-16-6-4-3-5-15(16)20)10-26-18(24-2)27-11-14-7-8-25-17(9-14)28-12-19(21,22)23;/h3-9,13H,10-12H2,1-2H3,(H2,24,26,27);1H. The van der Waals surface area contributed by atoms with Crippen molar-refractivity contribution in [3.05, 3.63) is 54.0 Å². The Hall–Kier alpha value is -2.31. The van der Waals surface area contributed by atoms with Crippen molar-refractivity contribution < 1.29 is 27.0 Å². The van der Waals surface area contributed by atoms with Gasteiger partial charge in [0.1, 0.15) is 6.10 Å². The van der Waals surface area contributed by atoms with E-state index in [9.17, 15) is 17.6 Å². The molecule has 0 aliphatic heterocycles. The summed E-state index contributed by atoms with van der Waals surface area (Å²) in [4.78, 5) is 7.81. The number of guanidine groups is 1. The number of nitrogens with one attached hydrogen (secondary N) is 2. The summed E-state index contributed by atoms with van der Waals surface area (Å²) in [6.07, 6.45) is -3.40. The maximum atomic E-state index is 13.6. The molecule has 166 valence electrons. The number of nitrogens with zero attached hydrogens (tertiary/aromatic N) is 2. The first kappa shape index (κ1) is 25.7. The summed E-state index contributed by atoms with van der Waals surface area (Å²) in [6.45, 7) is 1.01. The van der Waals surface area contributed by atoms with Crippen LogP contribution in [-0.4, -0.2) is 43.4 Å². The van der Waals surface area contributed by atoms with Crippen LogP contribution in [-0.2, 0) is 6.54 Å². The van der Waals surface area contributed by atoms with Crippen LogP contribution in [0.1, 0.15) is 12.5 Å². The third kappa shape index (κ3) is 9.46. The van der Waals surface area contributed by atoms with Gasteiger partial charge in [-0.1, -0.05) is 12.1 Å². The quantitative estimate of drug-likeness (QED) is 0.229. The van der Waals surface area contributed by atoms with Crippen LogP contribution in [0.4, 0.5) is 17.6 Å². The molecule has 1 aromatic heterocycles. The van der Waals surface area contributed by atoms with Gasteiger partial charge in [0, 0.05) is 25.9 Å². The van der Waals surface area contributed by atoms with Gasteiger partial charge in [-0.15, -0.1) is 24.0 Å². The molecule has 2 N–H and O–H groups in total. The summed E-state index contributed by atoms with van der Waals surface area (Å²) in [6, 6.07) is 9.18. The monoisotopic (exact) mass is 542 g/mol. The molecule has 0 saturated carbocycles. The molecular formula is C19H23F4IN4O2. The Morgan fingerprint density at radius 3 is 2.60 bits per heavy atom. The van der Waals surface area contributed by atoms with E-state index in [2.05, 4.69) is 25.3 Å². The Morgan fingerprint density at radius 1 is 1.20 bits per heavy atom. The average molecular weight is 542 g/mol. The zero-order valence-corrected chi connectivity index (χ0v) is 18.7. The Bertz CT molecular complexity index is 821. The number of benzene rings is 1. The first-order chi connectivity index (χ1) is 13.8. The molecule has 2 aromatic rings. The fourth-order valence-corrected chi connectivity index (χ4v) is 2.24. The van der Waals surface area contributed by atoms with E-state index in [0.717, 1.165) is 0 Å². The topological polar surface area (TPSA) is 67.8 Å². The first-order valence-electron chi connectivity index (χ1n) is 8.77. The highest BCUT2D eigenvalue weighted by atomic mass is 127. The number of hydrogen-bond acceptors (Lipinski definition) is 4. The van der Waals surface area contributed by atoms with Crippen molar-refractivity contribution in [3.8, 4) is 11.6 Å². The molecule has 0 spiro atoms. The van der Waals surface area contributed by atoms with E-state index < -0.39 is 18.6 Å². The number of rotatable bonds is 8. The van der Waals surface area contributed by atoms with Crippen molar-refractivity contribution in [2.75, 3.05) is 20.2 Å². The third-order valence-corrected chi connectivity index (χ3v) is 3.59. The number of pyridine rings is 1. The van der Waals surface area contributed by atoms with Crippen molar-refractivity contribution >= 4 is 29.9 Å². The molecule has 30 heavy (non-hydrogen) atoms. The molecule has 11 heteroatoms. The summed E-state index contributed by atoms with van der Waals surface area (Å²) < 4.78 is 60.5. The molecule has 0 bridgehead atoms. The summed E-state index contributed by atoms with van der Waals surface area (Å²) in [5.41, 5.74) is 0.663. The average Bonchev–Trinajstić information content (AvgIpc) is 2.68. The summed E-state index contributed by atoms with van der Waals surface area (Å²) in [5.74, 6) is 0.0519. The van der Waals surface area contributed by atoms with Crippen LogP contribution in [0.2, 0.25) is 0 Å². The minimum absolute atomic E-state index is 0. The maximum Gasteiger partial charge on any atom is 0.422 e. The second kappa shape index (κ2) is 12.4. The second-order valence-corrected chi connectivity index (χ2v) is 6.07. The Labute approximate surface area is 189 Å². The van der Waals surface area contributed by atoms with Crippen LogP contribution < -0.4 is 20.1 Å². The predicted octanol–water partition coefficient (Wildman–Crippen LogP) is 3.91. The molecule has 0 aliphatic carbocycles. The van der Waals surface area contributed by atoms with E-state index in [1.807, 2.05) is 0 Å². The van der Waals surface area contributed by atoms with Crippen molar-refractivity contribution in [3.63, 3.8) is 0 Å². The van der Waals surface area contributed by atoms with Crippen molar-refractivity contribution in [2.24, 2.45) is 4.99 Å². The summed E-state index contributed by atoms with van der Waals surface area (Å²) >= 11 is 0. The molecule has 1 unspecified atom stereocenters. The van der Waals surface area contributed by atoms with Crippen LogP contribution >= 0.6 is 24.0 Å². The molecule has 1 aromatic carbocycles. The van der Waals surface area contributed by atoms with Gasteiger partial charge in [0.15, 0.2) is 24.1 Å². The normalized spacial score (nSPS) is 12.5. The van der Waals surface area contributed by atoms with Gasteiger partial charge in [0.2, 0.25) is 5.88 Å². The van der Waals surface area contributed by atoms with Crippen molar-refractivity contribution in [1.82, 2.24) is 15.6 Å². The fourth-order valence-electron chi connectivity index (χ4n) is 2.24. The van der Waals surface area contributed by atoms with Gasteiger partial charge in [0.05, 0.1) is 6.54 Å². The van der Waals surface area contributed by atoms with Gasteiger partial charge >= 0.3 is 6.18 Å². The van der Waals surface area contributed by atoms with E-state index in [4.69, 9.17) is 4.74 Å². The molecule has 0 radical (unpaired) electrons. The number of hydrogen-bond donors (Lipinski definition) is 2. The first-order valence-corrected chi connectivity index (χ1v) is 8.77. The lowest BCUT2D eigenvalue weighted by Crippen LogP contribution is -2.41. The largest absolute Gasteiger partial charge is 0.486 e. The molecule has 1 atom stereocenters. The lowest BCUT2D eigenvalue weighted by atomic mass is 10.2. The minimum atomic E-state index is -4.43. The zero-order chi connectivity index (χ0) is 21.3. The molecule has 1 heterocycles. The van der Waals surface area contributed by atoms with Crippen molar-refractivity contribution in [1.29, 1.82) is 0 Å². The molecular weight excluding hydrogens is 519 g/mol. The number of halogens is 5. The Morgan fingerprint density at radius 2 is 1.93 bits per heavy atom. The van der Waals surface area contributed by atoms with Gasteiger partial charge < -0.3 is 20.1 Å². The number of aromatic nitrogens is 1. The molecule has 6 nitrogen and oxygen atoms in total. The van der Waals surface area contributed by atoms with E-state index in [-0.39, 0.29) is 48.3 Å². The predicted molar refractivity (Wildman–Crippen MR) is 116 cm³/mol. The zero-order valence-electron chi connectivity index (χ0n) is 16.4.